The zero-order valence-corrected chi connectivity index (χ0v) is 19.8. The van der Waals surface area contributed by atoms with Gasteiger partial charge in [0.05, 0.1) is 11.9 Å². The molecular weight excluding hydrogens is 420 g/mol. The van der Waals surface area contributed by atoms with Crippen LogP contribution in [0.1, 0.15) is 18.9 Å². The number of hydrogen-bond donors (Lipinski definition) is 2. The first-order chi connectivity index (χ1) is 15.3. The Hall–Kier alpha value is -3.26. The molecule has 0 saturated carbocycles. The summed E-state index contributed by atoms with van der Waals surface area (Å²) in [4.78, 5) is 9.06. The van der Waals surface area contributed by atoms with Gasteiger partial charge in [0.2, 0.25) is 0 Å². The fourth-order valence-electron chi connectivity index (χ4n) is 3.42. The van der Waals surface area contributed by atoms with Crippen LogP contribution in [-0.4, -0.2) is 50.8 Å². The smallest absolute Gasteiger partial charge is 0.134 e. The van der Waals surface area contributed by atoms with Crippen LogP contribution < -0.4 is 5.32 Å². The second kappa shape index (κ2) is 10.4. The van der Waals surface area contributed by atoms with Crippen molar-refractivity contribution in [3.8, 4) is 22.4 Å². The molecule has 1 aromatic carbocycles. The van der Waals surface area contributed by atoms with Crippen molar-refractivity contribution in [3.63, 3.8) is 0 Å². The largest absolute Gasteiger partial charge is 0.370 e. The van der Waals surface area contributed by atoms with Gasteiger partial charge in [-0.15, -0.1) is 0 Å². The highest BCUT2D eigenvalue weighted by Gasteiger charge is 2.12. The maximum atomic E-state index is 11.7. The lowest BCUT2D eigenvalue weighted by Gasteiger charge is -2.13. The Morgan fingerprint density at radius 3 is 2.75 bits per heavy atom. The Bertz CT molecular complexity index is 1240. The summed E-state index contributed by atoms with van der Waals surface area (Å²) in [5.41, 5.74) is 5.92. The molecule has 0 saturated heterocycles. The van der Waals surface area contributed by atoms with Crippen molar-refractivity contribution in [1.82, 2.24) is 14.8 Å². The quantitative estimate of drug-likeness (QED) is 0.364. The summed E-state index contributed by atoms with van der Waals surface area (Å²) in [6, 6.07) is 12.3. The molecule has 168 valence electrons. The van der Waals surface area contributed by atoms with E-state index in [0.717, 1.165) is 39.3 Å². The molecule has 0 bridgehead atoms. The predicted molar refractivity (Wildman–Crippen MR) is 135 cm³/mol. The van der Waals surface area contributed by atoms with E-state index in [1.54, 1.807) is 11.7 Å². The molecule has 0 fully saturated rings. The fourth-order valence-corrected chi connectivity index (χ4v) is 4.11. The van der Waals surface area contributed by atoms with Gasteiger partial charge >= 0.3 is 0 Å². The predicted octanol–water partition coefficient (Wildman–Crippen LogP) is 4.73. The van der Waals surface area contributed by atoms with E-state index in [-0.39, 0.29) is 0 Å². The normalized spacial score (nSPS) is 13.9. The summed E-state index contributed by atoms with van der Waals surface area (Å²) < 4.78 is 21.0. The van der Waals surface area contributed by atoms with Gasteiger partial charge in [-0.2, -0.15) is 5.10 Å². The maximum Gasteiger partial charge on any atom is 0.134 e. The number of aryl methyl sites for hydroxylation is 1. The van der Waals surface area contributed by atoms with E-state index in [2.05, 4.69) is 27.5 Å². The average Bonchev–Trinajstić information content (AvgIpc) is 3.20. The van der Waals surface area contributed by atoms with E-state index in [9.17, 15) is 4.21 Å². The number of allylic oxidation sites excluding steroid dienone is 2. The van der Waals surface area contributed by atoms with Gasteiger partial charge in [0.1, 0.15) is 5.82 Å². The highest BCUT2D eigenvalue weighted by atomic mass is 32.2. The molecule has 3 aromatic rings. The van der Waals surface area contributed by atoms with Crippen LogP contribution in [-0.2, 0) is 16.8 Å². The Balaban J connectivity index is 1.96. The standard InChI is InChI=1S/C24H30N6OS/c1-5-18(15-26-2)19-8-6-9-20(14-19)23-11-10-22(21-16-28-30(3)17-21)24(29-23)27-12-7-13-32(4,25)31/h5-6,8-11,14-17,25H,7,12-13H2,1-4H3,(H,27,29)/b18-5+,26-15?. The summed E-state index contributed by atoms with van der Waals surface area (Å²) in [5.74, 6) is 1.10. The van der Waals surface area contributed by atoms with Crippen molar-refractivity contribution < 1.29 is 4.21 Å². The first-order valence-electron chi connectivity index (χ1n) is 10.5. The van der Waals surface area contributed by atoms with Gasteiger partial charge < -0.3 is 5.32 Å². The number of rotatable bonds is 9. The molecule has 0 amide bonds. The van der Waals surface area contributed by atoms with E-state index in [1.807, 2.05) is 62.9 Å². The van der Waals surface area contributed by atoms with Crippen molar-refractivity contribution in [2.24, 2.45) is 12.0 Å². The summed E-state index contributed by atoms with van der Waals surface area (Å²) in [5, 5.41) is 7.66. The molecular formula is C24H30N6OS. The molecule has 0 aliphatic heterocycles. The van der Waals surface area contributed by atoms with Crippen LogP contribution in [0.3, 0.4) is 0 Å². The van der Waals surface area contributed by atoms with E-state index < -0.39 is 9.73 Å². The second-order valence-electron chi connectivity index (χ2n) is 7.70. The maximum absolute atomic E-state index is 11.7. The van der Waals surface area contributed by atoms with E-state index in [1.165, 1.54) is 6.26 Å². The van der Waals surface area contributed by atoms with Crippen LogP contribution in [0.15, 0.2) is 59.9 Å². The molecule has 2 N–H and O–H groups in total. The first-order valence-corrected chi connectivity index (χ1v) is 12.6. The molecule has 0 aliphatic rings. The van der Waals surface area contributed by atoms with E-state index >= 15 is 0 Å². The van der Waals surface area contributed by atoms with Crippen LogP contribution in [0.25, 0.3) is 28.0 Å². The lowest BCUT2D eigenvalue weighted by atomic mass is 10.0. The fraction of sp³-hybridized carbons (Fsp3) is 0.292. The van der Waals surface area contributed by atoms with Crippen molar-refractivity contribution in [2.45, 2.75) is 13.3 Å². The molecule has 8 heteroatoms. The Morgan fingerprint density at radius 1 is 1.28 bits per heavy atom. The van der Waals surface area contributed by atoms with E-state index in [4.69, 9.17) is 9.76 Å². The van der Waals surface area contributed by atoms with Gasteiger partial charge in [-0.1, -0.05) is 24.3 Å². The number of hydrogen-bond acceptors (Lipinski definition) is 6. The summed E-state index contributed by atoms with van der Waals surface area (Å²) in [6.07, 6.45) is 9.76. The molecule has 32 heavy (non-hydrogen) atoms. The van der Waals surface area contributed by atoms with Crippen LogP contribution >= 0.6 is 0 Å². The number of aliphatic imine (C=N–C) groups is 1. The lowest BCUT2D eigenvalue weighted by molar-refractivity contribution is 0.677. The number of aromatic nitrogens is 3. The minimum Gasteiger partial charge on any atom is -0.370 e. The third-order valence-corrected chi connectivity index (χ3v) is 6.05. The van der Waals surface area contributed by atoms with Gasteiger partial charge in [-0.3, -0.25) is 18.7 Å². The molecule has 2 aromatic heterocycles. The summed E-state index contributed by atoms with van der Waals surface area (Å²) in [7, 11) is 1.15. The van der Waals surface area contributed by atoms with Crippen molar-refractivity contribution in [3.05, 3.63) is 60.4 Å². The molecule has 2 heterocycles. The SMILES string of the molecule is C/C=C(\C=NC)c1cccc(-c2ccc(-c3cnn(C)c3)c(NCCCS(C)(=N)=O)n2)c1. The Morgan fingerprint density at radius 2 is 2.09 bits per heavy atom. The van der Waals surface area contributed by atoms with Crippen molar-refractivity contribution in [2.75, 3.05) is 30.9 Å². The third-order valence-electron chi connectivity index (χ3n) is 4.99. The third kappa shape index (κ3) is 6.13. The topological polar surface area (TPSA) is 96.0 Å². The highest BCUT2D eigenvalue weighted by Crippen LogP contribution is 2.30. The minimum atomic E-state index is -2.50. The van der Waals surface area contributed by atoms with Crippen LogP contribution in [0, 0.1) is 4.78 Å². The molecule has 0 aliphatic carbocycles. The summed E-state index contributed by atoms with van der Waals surface area (Å²) in [6.45, 7) is 2.58. The number of anilines is 1. The zero-order valence-electron chi connectivity index (χ0n) is 19.0. The second-order valence-corrected chi connectivity index (χ2v) is 10.1. The van der Waals surface area contributed by atoms with Crippen molar-refractivity contribution >= 4 is 27.3 Å². The van der Waals surface area contributed by atoms with Gasteiger partial charge in [-0.25, -0.2) is 4.98 Å². The van der Waals surface area contributed by atoms with Crippen LogP contribution in [0.4, 0.5) is 5.82 Å². The number of nitrogens with one attached hydrogen (secondary N) is 2. The molecule has 1 atom stereocenters. The first kappa shape index (κ1) is 23.4. The van der Waals surface area contributed by atoms with Crippen LogP contribution in [0.5, 0.6) is 0 Å². The highest BCUT2D eigenvalue weighted by molar-refractivity contribution is 7.91. The van der Waals surface area contributed by atoms with Crippen LogP contribution in [0.2, 0.25) is 0 Å². The average molecular weight is 451 g/mol. The van der Waals surface area contributed by atoms with Gasteiger partial charge in [0, 0.05) is 71.5 Å². The number of pyridine rings is 1. The van der Waals surface area contributed by atoms with Gasteiger partial charge in [-0.05, 0) is 42.7 Å². The number of nitrogens with zero attached hydrogens (tertiary/aromatic N) is 4. The molecule has 7 nitrogen and oxygen atoms in total. The minimum absolute atomic E-state index is 0.356. The Kier molecular flexibility index (Phi) is 7.58. The molecule has 3 rings (SSSR count). The Labute approximate surface area is 190 Å². The lowest BCUT2D eigenvalue weighted by Crippen LogP contribution is -2.10. The van der Waals surface area contributed by atoms with E-state index in [0.29, 0.717) is 18.7 Å². The van der Waals surface area contributed by atoms with Crippen molar-refractivity contribution in [1.29, 1.82) is 4.78 Å². The monoisotopic (exact) mass is 450 g/mol. The molecule has 0 spiro atoms. The summed E-state index contributed by atoms with van der Waals surface area (Å²) >= 11 is 0. The molecule has 0 radical (unpaired) electrons. The number of benzene rings is 1. The zero-order chi connectivity index (χ0) is 23.1. The van der Waals surface area contributed by atoms with Gasteiger partial charge in [0.15, 0.2) is 0 Å². The molecule has 1 unspecified atom stereocenters. The van der Waals surface area contributed by atoms with Gasteiger partial charge in [0.25, 0.3) is 0 Å².